The van der Waals surface area contributed by atoms with Gasteiger partial charge in [0.1, 0.15) is 0 Å². The van der Waals surface area contributed by atoms with E-state index in [1.54, 1.807) is 0 Å². The van der Waals surface area contributed by atoms with Crippen LogP contribution in [0.2, 0.25) is 0 Å². The maximum absolute atomic E-state index is 5.92. The fourth-order valence-corrected chi connectivity index (χ4v) is 3.95. The first-order chi connectivity index (χ1) is 9.36. The summed E-state index contributed by atoms with van der Waals surface area (Å²) >= 11 is 0. The molecule has 114 valence electrons. The Bertz CT molecular complexity index is 402. The van der Waals surface area contributed by atoms with Crippen molar-refractivity contribution in [2.45, 2.75) is 78.2 Å². The van der Waals surface area contributed by atoms with Gasteiger partial charge >= 0.3 is 0 Å². The highest BCUT2D eigenvalue weighted by Gasteiger charge is 2.65. The van der Waals surface area contributed by atoms with Crippen molar-refractivity contribution >= 4 is 5.96 Å². The van der Waals surface area contributed by atoms with Crippen molar-refractivity contribution in [2.24, 2.45) is 15.8 Å². The molecule has 1 aliphatic carbocycles. The van der Waals surface area contributed by atoms with E-state index in [-0.39, 0.29) is 0 Å². The lowest BCUT2D eigenvalue weighted by molar-refractivity contribution is 0.0992. The first-order valence-electron chi connectivity index (χ1n) is 8.09. The molecule has 0 aromatic heterocycles. The third-order valence-electron chi connectivity index (χ3n) is 6.05. The van der Waals surface area contributed by atoms with Crippen LogP contribution in [-0.4, -0.2) is 36.8 Å². The number of fused-ring (bicyclic) bond motifs is 2. The Morgan fingerprint density at radius 1 is 1.15 bits per heavy atom. The van der Waals surface area contributed by atoms with Crippen LogP contribution in [0.15, 0.2) is 4.99 Å². The standard InChI is InChI=1S/C16H29N3O/c1-6-17-14(19-13-15(2,3)16(13,4)5)18-11-9-10-7-8-12(11)20-10/h10-13H,6-9H2,1-5H3,(H2,17,18,19). The predicted octanol–water partition coefficient (Wildman–Crippen LogP) is 2.30. The van der Waals surface area contributed by atoms with Crippen LogP contribution in [-0.2, 0) is 4.74 Å². The Kier molecular flexibility index (Phi) is 3.27. The molecule has 2 heterocycles. The second kappa shape index (κ2) is 4.62. The fraction of sp³-hybridized carbons (Fsp3) is 0.938. The van der Waals surface area contributed by atoms with Crippen molar-refractivity contribution in [3.8, 4) is 0 Å². The lowest BCUT2D eigenvalue weighted by Gasteiger charge is -2.23. The molecule has 3 aliphatic rings. The Hall–Kier alpha value is -0.770. The van der Waals surface area contributed by atoms with Crippen molar-refractivity contribution in [3.63, 3.8) is 0 Å². The van der Waals surface area contributed by atoms with Gasteiger partial charge in [0.15, 0.2) is 5.96 Å². The van der Waals surface area contributed by atoms with Crippen LogP contribution in [0.25, 0.3) is 0 Å². The first kappa shape index (κ1) is 14.2. The number of ether oxygens (including phenoxy) is 1. The van der Waals surface area contributed by atoms with Crippen LogP contribution in [0, 0.1) is 10.8 Å². The molecule has 0 aromatic carbocycles. The molecule has 3 fully saturated rings. The maximum atomic E-state index is 5.92. The van der Waals surface area contributed by atoms with E-state index in [0.717, 1.165) is 18.9 Å². The summed E-state index contributed by atoms with van der Waals surface area (Å²) < 4.78 is 5.92. The van der Waals surface area contributed by atoms with E-state index in [4.69, 9.17) is 4.74 Å². The molecule has 4 nitrogen and oxygen atoms in total. The molecule has 0 aromatic rings. The van der Waals surface area contributed by atoms with Crippen LogP contribution >= 0.6 is 0 Å². The van der Waals surface area contributed by atoms with Gasteiger partial charge in [-0.3, -0.25) is 4.99 Å². The van der Waals surface area contributed by atoms with Gasteiger partial charge in [0.25, 0.3) is 0 Å². The Balaban J connectivity index is 1.61. The van der Waals surface area contributed by atoms with Gasteiger partial charge in [0.2, 0.25) is 0 Å². The fourth-order valence-electron chi connectivity index (χ4n) is 3.95. The summed E-state index contributed by atoms with van der Waals surface area (Å²) in [6, 6.07) is 0.934. The van der Waals surface area contributed by atoms with E-state index >= 15 is 0 Å². The van der Waals surface area contributed by atoms with Gasteiger partial charge in [0, 0.05) is 12.6 Å². The highest BCUT2D eigenvalue weighted by atomic mass is 16.5. The zero-order chi connectivity index (χ0) is 14.5. The minimum atomic E-state index is 0.328. The zero-order valence-corrected chi connectivity index (χ0v) is 13.5. The molecule has 2 bridgehead atoms. The third kappa shape index (κ3) is 2.12. The molecule has 3 atom stereocenters. The van der Waals surface area contributed by atoms with E-state index in [2.05, 4.69) is 50.2 Å². The van der Waals surface area contributed by atoms with Crippen LogP contribution in [0.5, 0.6) is 0 Å². The summed E-state index contributed by atoms with van der Waals surface area (Å²) in [5.74, 6) is 0.970. The lowest BCUT2D eigenvalue weighted by Crippen LogP contribution is -2.49. The van der Waals surface area contributed by atoms with Crippen molar-refractivity contribution in [2.75, 3.05) is 6.54 Å². The monoisotopic (exact) mass is 279 g/mol. The summed E-state index contributed by atoms with van der Waals surface area (Å²) in [6.45, 7) is 12.2. The van der Waals surface area contributed by atoms with Crippen LogP contribution in [0.3, 0.4) is 0 Å². The number of guanidine groups is 1. The molecule has 1 saturated carbocycles. The molecule has 2 aliphatic heterocycles. The number of nitrogens with zero attached hydrogens (tertiary/aromatic N) is 1. The molecule has 0 radical (unpaired) electrons. The lowest BCUT2D eigenvalue weighted by atomic mass is 9.96. The Labute approximate surface area is 122 Å². The summed E-state index contributed by atoms with van der Waals surface area (Å²) in [6.07, 6.45) is 4.44. The van der Waals surface area contributed by atoms with Gasteiger partial charge < -0.3 is 15.4 Å². The molecule has 3 unspecified atom stereocenters. The number of hydrogen-bond acceptors (Lipinski definition) is 2. The van der Waals surface area contributed by atoms with Crippen LogP contribution in [0.1, 0.15) is 53.9 Å². The summed E-state index contributed by atoms with van der Waals surface area (Å²) in [7, 11) is 0. The van der Waals surface area contributed by atoms with Crippen molar-refractivity contribution in [3.05, 3.63) is 0 Å². The van der Waals surface area contributed by atoms with Gasteiger partial charge in [0.05, 0.1) is 18.2 Å². The third-order valence-corrected chi connectivity index (χ3v) is 6.05. The molecule has 4 heteroatoms. The highest BCUT2D eigenvalue weighted by molar-refractivity contribution is 5.81. The van der Waals surface area contributed by atoms with Crippen molar-refractivity contribution < 1.29 is 4.74 Å². The maximum Gasteiger partial charge on any atom is 0.191 e. The number of hydrogen-bond donors (Lipinski definition) is 2. The van der Waals surface area contributed by atoms with Crippen molar-refractivity contribution in [1.29, 1.82) is 0 Å². The molecule has 2 saturated heterocycles. The van der Waals surface area contributed by atoms with E-state index in [0.29, 0.717) is 35.1 Å². The van der Waals surface area contributed by atoms with Gasteiger partial charge in [-0.1, -0.05) is 27.7 Å². The van der Waals surface area contributed by atoms with Gasteiger partial charge in [-0.15, -0.1) is 0 Å². The summed E-state index contributed by atoms with van der Waals surface area (Å²) in [4.78, 5) is 4.62. The number of aliphatic imine (C=N–C) groups is 1. The SMILES string of the molecule is CCN=C(NC1CC2CCC1O2)NC1C(C)(C)C1(C)C. The van der Waals surface area contributed by atoms with Gasteiger partial charge in [-0.05, 0) is 37.0 Å². The van der Waals surface area contributed by atoms with Gasteiger partial charge in [-0.25, -0.2) is 0 Å². The minimum absolute atomic E-state index is 0.328. The second-order valence-corrected chi connectivity index (χ2v) is 7.70. The van der Waals surface area contributed by atoms with E-state index in [1.165, 1.54) is 12.8 Å². The van der Waals surface area contributed by atoms with Crippen LogP contribution in [0.4, 0.5) is 0 Å². The average Bonchev–Trinajstić information content (AvgIpc) is 2.84. The van der Waals surface area contributed by atoms with E-state index < -0.39 is 0 Å². The molecule has 0 amide bonds. The van der Waals surface area contributed by atoms with E-state index in [9.17, 15) is 0 Å². The van der Waals surface area contributed by atoms with Crippen molar-refractivity contribution in [1.82, 2.24) is 10.6 Å². The second-order valence-electron chi connectivity index (χ2n) is 7.70. The first-order valence-corrected chi connectivity index (χ1v) is 8.09. The van der Waals surface area contributed by atoms with E-state index in [1.807, 2.05) is 0 Å². The smallest absolute Gasteiger partial charge is 0.191 e. The highest BCUT2D eigenvalue weighted by Crippen LogP contribution is 2.62. The Morgan fingerprint density at radius 2 is 1.85 bits per heavy atom. The quantitative estimate of drug-likeness (QED) is 0.615. The zero-order valence-electron chi connectivity index (χ0n) is 13.5. The summed E-state index contributed by atoms with van der Waals surface area (Å²) in [5.41, 5.74) is 0.656. The molecule has 20 heavy (non-hydrogen) atoms. The largest absolute Gasteiger partial charge is 0.373 e. The predicted molar refractivity (Wildman–Crippen MR) is 81.9 cm³/mol. The van der Waals surface area contributed by atoms with Gasteiger partial charge in [-0.2, -0.15) is 0 Å². The number of nitrogens with one attached hydrogen (secondary N) is 2. The molecule has 2 N–H and O–H groups in total. The molecule has 3 rings (SSSR count). The molecular formula is C16H29N3O. The normalized spacial score (nSPS) is 38.0. The molecule has 0 spiro atoms. The Morgan fingerprint density at radius 3 is 2.30 bits per heavy atom. The molecular weight excluding hydrogens is 250 g/mol. The van der Waals surface area contributed by atoms with Crippen LogP contribution < -0.4 is 10.6 Å². The average molecular weight is 279 g/mol. The minimum Gasteiger partial charge on any atom is -0.373 e. The topological polar surface area (TPSA) is 45.7 Å². The summed E-state index contributed by atoms with van der Waals surface area (Å²) in [5, 5.41) is 7.25. The number of rotatable bonds is 3.